The van der Waals surface area contributed by atoms with Crippen LogP contribution >= 0.6 is 0 Å². The van der Waals surface area contributed by atoms with Gasteiger partial charge >= 0.3 is 12.0 Å². The number of hydrogen-bond donors (Lipinski definition) is 2. The lowest BCUT2D eigenvalue weighted by atomic mass is 10.0. The molecule has 0 saturated carbocycles. The third-order valence-electron chi connectivity index (χ3n) is 3.18. The van der Waals surface area contributed by atoms with Gasteiger partial charge in [0.25, 0.3) is 0 Å². The van der Waals surface area contributed by atoms with E-state index in [9.17, 15) is 14.7 Å². The van der Waals surface area contributed by atoms with Gasteiger partial charge in [-0.25, -0.2) is 9.59 Å². The molecule has 1 aliphatic rings. The zero-order valence-corrected chi connectivity index (χ0v) is 10.5. The molecule has 6 heteroatoms. The van der Waals surface area contributed by atoms with Crippen LogP contribution in [0.25, 0.3) is 0 Å². The van der Waals surface area contributed by atoms with Crippen LogP contribution in [-0.2, 0) is 4.79 Å². The molecule has 0 radical (unpaired) electrons. The highest BCUT2D eigenvalue weighted by Gasteiger charge is 2.40. The summed E-state index contributed by atoms with van der Waals surface area (Å²) in [5.74, 6) is -1.03. The molecule has 1 aliphatic heterocycles. The van der Waals surface area contributed by atoms with Crippen LogP contribution in [0.2, 0.25) is 0 Å². The van der Waals surface area contributed by atoms with Crippen molar-refractivity contribution >= 4 is 12.0 Å². The Morgan fingerprint density at radius 1 is 1.47 bits per heavy atom. The summed E-state index contributed by atoms with van der Waals surface area (Å²) in [5, 5.41) is 18.5. The molecule has 6 nitrogen and oxygen atoms in total. The standard InChI is InChI=1S/C11H20N2O4/c1-4-13(11(2,3)9(15)16)10(17)12-6-5-8(14)7-12/h8,14H,4-7H2,1-3H3,(H,15,16). The molecule has 1 rings (SSSR count). The summed E-state index contributed by atoms with van der Waals surface area (Å²) in [4.78, 5) is 26.1. The first-order chi connectivity index (χ1) is 7.80. The van der Waals surface area contributed by atoms with Crippen molar-refractivity contribution in [2.45, 2.75) is 38.8 Å². The highest BCUT2D eigenvalue weighted by Crippen LogP contribution is 2.19. The molecule has 1 atom stereocenters. The summed E-state index contributed by atoms with van der Waals surface area (Å²) in [7, 11) is 0. The van der Waals surface area contributed by atoms with Crippen LogP contribution in [0.4, 0.5) is 4.79 Å². The van der Waals surface area contributed by atoms with Crippen molar-refractivity contribution in [3.8, 4) is 0 Å². The van der Waals surface area contributed by atoms with Crippen LogP contribution in [0.3, 0.4) is 0 Å². The molecule has 1 heterocycles. The van der Waals surface area contributed by atoms with E-state index in [0.29, 0.717) is 19.5 Å². The third-order valence-corrected chi connectivity index (χ3v) is 3.18. The van der Waals surface area contributed by atoms with E-state index >= 15 is 0 Å². The summed E-state index contributed by atoms with van der Waals surface area (Å²) in [6.07, 6.45) is 0.0576. The van der Waals surface area contributed by atoms with Gasteiger partial charge in [0.05, 0.1) is 6.10 Å². The third kappa shape index (κ3) is 2.69. The summed E-state index contributed by atoms with van der Waals surface area (Å²) >= 11 is 0. The second-order valence-electron chi connectivity index (χ2n) is 4.78. The largest absolute Gasteiger partial charge is 0.480 e. The first-order valence-electron chi connectivity index (χ1n) is 5.78. The number of urea groups is 1. The zero-order chi connectivity index (χ0) is 13.2. The van der Waals surface area contributed by atoms with Crippen LogP contribution in [0.1, 0.15) is 27.2 Å². The number of carboxylic acids is 1. The number of likely N-dealkylation sites (tertiary alicyclic amines) is 1. The Kier molecular flexibility index (Phi) is 3.98. The number of likely N-dealkylation sites (N-methyl/N-ethyl adjacent to an activating group) is 1. The van der Waals surface area contributed by atoms with Gasteiger partial charge in [0.2, 0.25) is 0 Å². The van der Waals surface area contributed by atoms with Gasteiger partial charge < -0.3 is 20.0 Å². The minimum absolute atomic E-state index is 0.283. The number of carbonyl (C=O) groups is 2. The molecule has 17 heavy (non-hydrogen) atoms. The number of aliphatic hydroxyl groups is 1. The van der Waals surface area contributed by atoms with E-state index in [1.807, 2.05) is 0 Å². The molecule has 0 bridgehead atoms. The Morgan fingerprint density at radius 2 is 2.06 bits per heavy atom. The average Bonchev–Trinajstić information content (AvgIpc) is 2.65. The fourth-order valence-corrected chi connectivity index (χ4v) is 1.97. The molecular weight excluding hydrogens is 224 g/mol. The van der Waals surface area contributed by atoms with Crippen LogP contribution in [0.5, 0.6) is 0 Å². The Balaban J connectivity index is 2.81. The van der Waals surface area contributed by atoms with Crippen molar-refractivity contribution in [2.24, 2.45) is 0 Å². The molecule has 0 spiro atoms. The van der Waals surface area contributed by atoms with Crippen molar-refractivity contribution in [3.05, 3.63) is 0 Å². The minimum atomic E-state index is -1.24. The minimum Gasteiger partial charge on any atom is -0.480 e. The summed E-state index contributed by atoms with van der Waals surface area (Å²) in [6, 6.07) is -0.323. The lowest BCUT2D eigenvalue weighted by Gasteiger charge is -2.36. The van der Waals surface area contributed by atoms with Crippen molar-refractivity contribution in [1.29, 1.82) is 0 Å². The maximum absolute atomic E-state index is 12.2. The summed E-state index contributed by atoms with van der Waals surface area (Å²) < 4.78 is 0. The molecule has 98 valence electrons. The van der Waals surface area contributed by atoms with E-state index in [4.69, 9.17) is 5.11 Å². The molecule has 0 aromatic carbocycles. The monoisotopic (exact) mass is 244 g/mol. The molecule has 2 amide bonds. The van der Waals surface area contributed by atoms with E-state index in [2.05, 4.69) is 0 Å². The van der Waals surface area contributed by atoms with Gasteiger partial charge in [-0.2, -0.15) is 0 Å². The van der Waals surface area contributed by atoms with Crippen LogP contribution in [0, 0.1) is 0 Å². The van der Waals surface area contributed by atoms with E-state index in [1.165, 1.54) is 23.6 Å². The number of carboxylic acid groups (broad SMARTS) is 1. The topological polar surface area (TPSA) is 81.1 Å². The predicted octanol–water partition coefficient (Wildman–Crippen LogP) is 0.358. The van der Waals surface area contributed by atoms with Crippen molar-refractivity contribution in [3.63, 3.8) is 0 Å². The quantitative estimate of drug-likeness (QED) is 0.751. The second-order valence-corrected chi connectivity index (χ2v) is 4.78. The van der Waals surface area contributed by atoms with Crippen LogP contribution < -0.4 is 0 Å². The second kappa shape index (κ2) is 4.91. The lowest BCUT2D eigenvalue weighted by molar-refractivity contribution is -0.147. The number of aliphatic hydroxyl groups excluding tert-OH is 1. The first-order valence-corrected chi connectivity index (χ1v) is 5.78. The Bertz CT molecular complexity index is 317. The van der Waals surface area contributed by atoms with Gasteiger partial charge in [-0.3, -0.25) is 0 Å². The van der Waals surface area contributed by atoms with Gasteiger partial charge in [0.15, 0.2) is 0 Å². The number of hydrogen-bond acceptors (Lipinski definition) is 3. The van der Waals surface area contributed by atoms with Gasteiger partial charge in [-0.05, 0) is 27.2 Å². The fraction of sp³-hybridized carbons (Fsp3) is 0.818. The smallest absolute Gasteiger partial charge is 0.329 e. The molecular formula is C11H20N2O4. The molecule has 0 aromatic heterocycles. The SMILES string of the molecule is CCN(C(=O)N1CCC(O)C1)C(C)(C)C(=O)O. The van der Waals surface area contributed by atoms with Crippen LogP contribution in [-0.4, -0.2) is 63.3 Å². The Hall–Kier alpha value is -1.30. The molecule has 2 N–H and O–H groups in total. The fourth-order valence-electron chi connectivity index (χ4n) is 1.97. The number of aliphatic carboxylic acids is 1. The molecule has 0 aliphatic carbocycles. The molecule has 1 fully saturated rings. The highest BCUT2D eigenvalue weighted by atomic mass is 16.4. The zero-order valence-electron chi connectivity index (χ0n) is 10.5. The highest BCUT2D eigenvalue weighted by molar-refractivity contribution is 5.85. The Labute approximate surface area is 101 Å². The van der Waals surface area contributed by atoms with E-state index in [0.717, 1.165) is 0 Å². The molecule has 1 unspecified atom stereocenters. The van der Waals surface area contributed by atoms with Gasteiger partial charge in [0.1, 0.15) is 5.54 Å². The number of amides is 2. The lowest BCUT2D eigenvalue weighted by Crippen LogP contribution is -2.56. The van der Waals surface area contributed by atoms with E-state index in [1.54, 1.807) is 6.92 Å². The molecule has 1 saturated heterocycles. The predicted molar refractivity (Wildman–Crippen MR) is 61.7 cm³/mol. The molecule has 0 aromatic rings. The maximum atomic E-state index is 12.2. The average molecular weight is 244 g/mol. The maximum Gasteiger partial charge on any atom is 0.329 e. The van der Waals surface area contributed by atoms with E-state index < -0.39 is 17.6 Å². The van der Waals surface area contributed by atoms with Gasteiger partial charge in [-0.1, -0.05) is 0 Å². The number of nitrogens with zero attached hydrogens (tertiary/aromatic N) is 2. The number of carbonyl (C=O) groups excluding carboxylic acids is 1. The summed E-state index contributed by atoms with van der Waals surface area (Å²) in [6.45, 7) is 5.84. The normalized spacial score (nSPS) is 20.5. The van der Waals surface area contributed by atoms with Crippen molar-refractivity contribution < 1.29 is 19.8 Å². The summed E-state index contributed by atoms with van der Waals surface area (Å²) in [5.41, 5.74) is -1.24. The number of rotatable bonds is 3. The van der Waals surface area contributed by atoms with Crippen molar-refractivity contribution in [2.75, 3.05) is 19.6 Å². The number of β-amino-alcohol motifs (C(OH)–C–C–N with tert-alkyl or cyclic N) is 1. The van der Waals surface area contributed by atoms with Gasteiger partial charge in [-0.15, -0.1) is 0 Å². The van der Waals surface area contributed by atoms with Crippen LogP contribution in [0.15, 0.2) is 0 Å². The first kappa shape index (κ1) is 13.8. The van der Waals surface area contributed by atoms with E-state index in [-0.39, 0.29) is 12.6 Å². The van der Waals surface area contributed by atoms with Gasteiger partial charge in [0, 0.05) is 19.6 Å². The van der Waals surface area contributed by atoms with Crippen molar-refractivity contribution in [1.82, 2.24) is 9.80 Å². The Morgan fingerprint density at radius 3 is 2.41 bits per heavy atom.